The van der Waals surface area contributed by atoms with E-state index in [4.69, 9.17) is 0 Å². The number of likely N-dealkylation sites (tertiary alicyclic amines) is 2. The van der Waals surface area contributed by atoms with Crippen LogP contribution in [-0.2, 0) is 31.0 Å². The number of aliphatic imine (C=N–C) groups is 1. The Labute approximate surface area is 198 Å². The summed E-state index contributed by atoms with van der Waals surface area (Å²) in [7, 11) is 1.80. The number of guanidine groups is 1. The van der Waals surface area contributed by atoms with Crippen molar-refractivity contribution in [3.63, 3.8) is 0 Å². The first-order valence-corrected chi connectivity index (χ1v) is 12.3. The number of piperidine rings is 1. The van der Waals surface area contributed by atoms with Crippen molar-refractivity contribution in [1.29, 1.82) is 0 Å². The second-order valence-electron chi connectivity index (χ2n) is 9.17. The zero-order valence-electron chi connectivity index (χ0n) is 19.9. The van der Waals surface area contributed by atoms with E-state index in [0.29, 0.717) is 19.5 Å². The highest BCUT2D eigenvalue weighted by molar-refractivity contribution is 5.79. The van der Waals surface area contributed by atoms with Gasteiger partial charge in [-0.3, -0.25) is 14.7 Å². The number of nitrogens with one attached hydrogen (secondary N) is 2. The van der Waals surface area contributed by atoms with Gasteiger partial charge in [0, 0.05) is 46.2 Å². The fraction of sp³-hybridized carbons (Fsp3) is 0.481. The van der Waals surface area contributed by atoms with Gasteiger partial charge in [-0.15, -0.1) is 0 Å². The summed E-state index contributed by atoms with van der Waals surface area (Å²) in [6, 6.07) is 17.4. The van der Waals surface area contributed by atoms with Crippen LogP contribution in [0.3, 0.4) is 0 Å². The van der Waals surface area contributed by atoms with Crippen molar-refractivity contribution in [2.75, 3.05) is 26.7 Å². The lowest BCUT2D eigenvalue weighted by Gasteiger charge is -2.26. The smallest absolute Gasteiger partial charge is 0.222 e. The molecule has 33 heavy (non-hydrogen) atoms. The van der Waals surface area contributed by atoms with Crippen molar-refractivity contribution in [3.8, 4) is 0 Å². The SMILES string of the molecule is CN=C(NCc1ccc(CN2CCCCC2)cc1)NCc1cccc(CN2CCCC2=O)c1. The number of carbonyl (C=O) groups excluding carboxylic acids is 1. The van der Waals surface area contributed by atoms with E-state index in [-0.39, 0.29) is 5.91 Å². The molecule has 2 fully saturated rings. The van der Waals surface area contributed by atoms with Gasteiger partial charge in [0.25, 0.3) is 0 Å². The number of hydrogen-bond acceptors (Lipinski definition) is 3. The molecule has 2 saturated heterocycles. The molecule has 0 unspecified atom stereocenters. The van der Waals surface area contributed by atoms with Gasteiger partial charge >= 0.3 is 0 Å². The van der Waals surface area contributed by atoms with E-state index < -0.39 is 0 Å². The van der Waals surface area contributed by atoms with E-state index in [2.05, 4.69) is 69.1 Å². The second kappa shape index (κ2) is 11.8. The van der Waals surface area contributed by atoms with Gasteiger partial charge < -0.3 is 15.5 Å². The Morgan fingerprint density at radius 2 is 1.52 bits per heavy atom. The van der Waals surface area contributed by atoms with E-state index in [0.717, 1.165) is 32.0 Å². The van der Waals surface area contributed by atoms with Crippen molar-refractivity contribution < 1.29 is 4.79 Å². The highest BCUT2D eigenvalue weighted by Crippen LogP contribution is 2.16. The minimum absolute atomic E-state index is 0.266. The van der Waals surface area contributed by atoms with Crippen LogP contribution in [0.25, 0.3) is 0 Å². The fourth-order valence-electron chi connectivity index (χ4n) is 4.66. The van der Waals surface area contributed by atoms with Gasteiger partial charge in [-0.05, 0) is 54.6 Å². The summed E-state index contributed by atoms with van der Waals surface area (Å²) >= 11 is 0. The predicted octanol–water partition coefficient (Wildman–Crippen LogP) is 3.66. The first-order valence-electron chi connectivity index (χ1n) is 12.3. The van der Waals surface area contributed by atoms with Gasteiger partial charge in [0.1, 0.15) is 0 Å². The van der Waals surface area contributed by atoms with Gasteiger partial charge in [-0.25, -0.2) is 0 Å². The molecule has 2 aromatic carbocycles. The van der Waals surface area contributed by atoms with E-state index >= 15 is 0 Å². The molecular formula is C27H37N5O. The Hall–Kier alpha value is -2.86. The van der Waals surface area contributed by atoms with Gasteiger partial charge in [0.15, 0.2) is 5.96 Å². The lowest BCUT2D eigenvalue weighted by Crippen LogP contribution is -2.36. The van der Waals surface area contributed by atoms with Crippen LogP contribution in [0.2, 0.25) is 0 Å². The minimum Gasteiger partial charge on any atom is -0.352 e. The summed E-state index contributed by atoms with van der Waals surface area (Å²) in [5.41, 5.74) is 5.00. The topological polar surface area (TPSA) is 60.0 Å². The van der Waals surface area contributed by atoms with Crippen LogP contribution in [0.1, 0.15) is 54.4 Å². The molecular weight excluding hydrogens is 410 g/mol. The molecule has 0 aliphatic carbocycles. The minimum atomic E-state index is 0.266. The second-order valence-corrected chi connectivity index (χ2v) is 9.17. The average Bonchev–Trinajstić information content (AvgIpc) is 3.25. The van der Waals surface area contributed by atoms with Crippen LogP contribution in [-0.4, -0.2) is 48.3 Å². The average molecular weight is 448 g/mol. The molecule has 6 heteroatoms. The largest absolute Gasteiger partial charge is 0.352 e. The van der Waals surface area contributed by atoms with E-state index in [1.165, 1.54) is 54.6 Å². The molecule has 4 rings (SSSR count). The summed E-state index contributed by atoms with van der Waals surface area (Å²) in [5, 5.41) is 6.81. The molecule has 0 radical (unpaired) electrons. The third-order valence-corrected chi connectivity index (χ3v) is 6.56. The van der Waals surface area contributed by atoms with Crippen molar-refractivity contribution in [1.82, 2.24) is 20.4 Å². The molecule has 0 saturated carbocycles. The van der Waals surface area contributed by atoms with Crippen LogP contribution in [0.4, 0.5) is 0 Å². The summed E-state index contributed by atoms with van der Waals surface area (Å²) < 4.78 is 0. The zero-order chi connectivity index (χ0) is 22.9. The fourth-order valence-corrected chi connectivity index (χ4v) is 4.66. The summed E-state index contributed by atoms with van der Waals surface area (Å²) in [5.74, 6) is 1.05. The number of benzene rings is 2. The molecule has 2 aliphatic rings. The monoisotopic (exact) mass is 447 g/mol. The van der Waals surface area contributed by atoms with Crippen LogP contribution in [0, 0.1) is 0 Å². The summed E-state index contributed by atoms with van der Waals surface area (Å²) in [4.78, 5) is 20.8. The predicted molar refractivity (Wildman–Crippen MR) is 134 cm³/mol. The van der Waals surface area contributed by atoms with Crippen molar-refractivity contribution in [3.05, 3.63) is 70.8 Å². The van der Waals surface area contributed by atoms with Crippen molar-refractivity contribution in [2.45, 2.75) is 58.3 Å². The lowest BCUT2D eigenvalue weighted by atomic mass is 10.1. The summed E-state index contributed by atoms with van der Waals surface area (Å²) in [6.07, 6.45) is 5.70. The van der Waals surface area contributed by atoms with Crippen LogP contribution >= 0.6 is 0 Å². The highest BCUT2D eigenvalue weighted by Gasteiger charge is 2.19. The van der Waals surface area contributed by atoms with Gasteiger partial charge in [-0.1, -0.05) is 55.0 Å². The normalized spacial score (nSPS) is 17.4. The molecule has 6 nitrogen and oxygen atoms in total. The van der Waals surface area contributed by atoms with Crippen LogP contribution < -0.4 is 10.6 Å². The van der Waals surface area contributed by atoms with Gasteiger partial charge in [-0.2, -0.15) is 0 Å². The van der Waals surface area contributed by atoms with Crippen LogP contribution in [0.5, 0.6) is 0 Å². The van der Waals surface area contributed by atoms with Crippen molar-refractivity contribution in [2.24, 2.45) is 4.99 Å². The quantitative estimate of drug-likeness (QED) is 0.479. The summed E-state index contributed by atoms with van der Waals surface area (Å²) in [6.45, 7) is 6.51. The van der Waals surface area contributed by atoms with Crippen LogP contribution in [0.15, 0.2) is 53.5 Å². The molecule has 0 bridgehead atoms. The molecule has 2 aliphatic heterocycles. The molecule has 2 aromatic rings. The van der Waals surface area contributed by atoms with Gasteiger partial charge in [0.2, 0.25) is 5.91 Å². The number of hydrogen-bond donors (Lipinski definition) is 2. The zero-order valence-corrected chi connectivity index (χ0v) is 19.9. The molecule has 0 atom stereocenters. The Balaban J connectivity index is 1.22. The molecule has 0 spiro atoms. The molecule has 176 valence electrons. The van der Waals surface area contributed by atoms with E-state index in [1.807, 2.05) is 4.90 Å². The number of rotatable bonds is 8. The third-order valence-electron chi connectivity index (χ3n) is 6.56. The molecule has 2 heterocycles. The Bertz CT molecular complexity index is 934. The molecule has 1 amide bonds. The van der Waals surface area contributed by atoms with Crippen molar-refractivity contribution >= 4 is 11.9 Å². The standard InChI is InChI=1S/C27H37N5O/c1-28-27(29-18-22-10-12-23(13-11-22)20-31-14-3-2-4-15-31)30-19-24-7-5-8-25(17-24)21-32-16-6-9-26(32)33/h5,7-8,10-13,17H,2-4,6,9,14-16,18-21H2,1H3,(H2,28,29,30). The number of carbonyl (C=O) groups is 1. The Morgan fingerprint density at radius 3 is 2.21 bits per heavy atom. The number of amides is 1. The molecule has 2 N–H and O–H groups in total. The first-order chi connectivity index (χ1) is 16.2. The van der Waals surface area contributed by atoms with E-state index in [9.17, 15) is 4.79 Å². The number of nitrogens with zero attached hydrogens (tertiary/aromatic N) is 3. The Kier molecular flexibility index (Phi) is 8.36. The van der Waals surface area contributed by atoms with E-state index in [1.54, 1.807) is 7.05 Å². The maximum Gasteiger partial charge on any atom is 0.222 e. The first kappa shape index (κ1) is 23.3. The highest BCUT2D eigenvalue weighted by atomic mass is 16.2. The van der Waals surface area contributed by atoms with Gasteiger partial charge in [0.05, 0.1) is 0 Å². The third kappa shape index (κ3) is 7.06. The lowest BCUT2D eigenvalue weighted by molar-refractivity contribution is -0.128. The maximum atomic E-state index is 11.9. The molecule has 0 aromatic heterocycles. The maximum absolute atomic E-state index is 11.9. The Morgan fingerprint density at radius 1 is 0.818 bits per heavy atom.